The number of rotatable bonds is 22. The van der Waals surface area contributed by atoms with Gasteiger partial charge in [0.25, 0.3) is 0 Å². The quantitative estimate of drug-likeness (QED) is 0.102. The third-order valence-electron chi connectivity index (χ3n) is 8.74. The van der Waals surface area contributed by atoms with Crippen molar-refractivity contribution in [1.82, 2.24) is 9.80 Å². The molecule has 0 fully saturated rings. The predicted octanol–water partition coefficient (Wildman–Crippen LogP) is 14.6. The summed E-state index contributed by atoms with van der Waals surface area (Å²) in [6, 6.07) is 0. The summed E-state index contributed by atoms with van der Waals surface area (Å²) in [5.41, 5.74) is 9.23. The van der Waals surface area contributed by atoms with Gasteiger partial charge in [-0.15, -0.1) is 0 Å². The van der Waals surface area contributed by atoms with Crippen molar-refractivity contribution in [1.29, 1.82) is 0 Å². The van der Waals surface area contributed by atoms with Crippen molar-refractivity contribution in [2.45, 2.75) is 60.3 Å². The topological polar surface area (TPSA) is 6.48 Å². The van der Waals surface area contributed by atoms with Gasteiger partial charge in [-0.25, -0.2) is 0 Å². The molecule has 0 N–H and O–H groups in total. The maximum atomic E-state index is 4.41. The van der Waals surface area contributed by atoms with Gasteiger partial charge < -0.3 is 9.80 Å². The van der Waals surface area contributed by atoms with Crippen LogP contribution in [0.5, 0.6) is 0 Å². The van der Waals surface area contributed by atoms with E-state index in [1.165, 1.54) is 33.6 Å². The molecule has 2 nitrogen and oxygen atoms in total. The van der Waals surface area contributed by atoms with Crippen LogP contribution >= 0.6 is 0 Å². The van der Waals surface area contributed by atoms with Crippen LogP contribution in [0.25, 0.3) is 0 Å². The average Bonchev–Trinajstić information content (AvgIpc) is 3.48. The molecule has 0 saturated carbocycles. The van der Waals surface area contributed by atoms with E-state index in [1.54, 1.807) is 6.08 Å². The maximum absolute atomic E-state index is 4.41. The fourth-order valence-electron chi connectivity index (χ4n) is 5.33. The van der Waals surface area contributed by atoms with Crippen LogP contribution < -0.4 is 0 Å². The average molecular weight is 729 g/mol. The molecule has 0 atom stereocenters. The molecule has 0 heterocycles. The minimum atomic E-state index is 0.697. The molecular weight excluding hydrogens is 665 g/mol. The highest BCUT2D eigenvalue weighted by Gasteiger charge is 2.03. The second-order valence-electron chi connectivity index (χ2n) is 12.9. The zero-order valence-electron chi connectivity index (χ0n) is 34.2. The van der Waals surface area contributed by atoms with Gasteiger partial charge in [0.2, 0.25) is 0 Å². The van der Waals surface area contributed by atoms with E-state index in [0.717, 1.165) is 43.5 Å². The van der Waals surface area contributed by atoms with Crippen LogP contribution in [0.2, 0.25) is 0 Å². The van der Waals surface area contributed by atoms with Gasteiger partial charge in [0, 0.05) is 36.9 Å². The molecule has 0 saturated heterocycles. The second kappa shape index (κ2) is 28.6. The number of hydrogen-bond donors (Lipinski definition) is 0. The van der Waals surface area contributed by atoms with Crippen LogP contribution in [0.3, 0.4) is 0 Å². The molecule has 2 rings (SSSR count). The van der Waals surface area contributed by atoms with Gasteiger partial charge in [-0.1, -0.05) is 185 Å². The molecule has 286 valence electrons. The van der Waals surface area contributed by atoms with Gasteiger partial charge in [-0.05, 0) is 104 Å². The van der Waals surface area contributed by atoms with E-state index in [0.29, 0.717) is 6.54 Å². The Morgan fingerprint density at radius 3 is 2.20 bits per heavy atom. The first-order chi connectivity index (χ1) is 26.8. The largest absolute Gasteiger partial charge is 0.348 e. The zero-order chi connectivity index (χ0) is 39.9. The number of hydrogen-bond acceptors (Lipinski definition) is 2. The van der Waals surface area contributed by atoms with Crippen molar-refractivity contribution < 1.29 is 0 Å². The second-order valence-corrected chi connectivity index (χ2v) is 12.9. The summed E-state index contributed by atoms with van der Waals surface area (Å²) in [5.74, 6) is 0. The normalized spacial score (nSPS) is 16.9. The van der Waals surface area contributed by atoms with E-state index in [2.05, 4.69) is 203 Å². The molecule has 0 aromatic rings. The van der Waals surface area contributed by atoms with E-state index in [1.807, 2.05) is 43.5 Å². The van der Waals surface area contributed by atoms with Gasteiger partial charge >= 0.3 is 0 Å². The highest BCUT2D eigenvalue weighted by atomic mass is 15.1. The van der Waals surface area contributed by atoms with Crippen LogP contribution in [0.1, 0.15) is 60.3 Å². The molecule has 0 bridgehead atoms. The third-order valence-corrected chi connectivity index (χ3v) is 8.74. The van der Waals surface area contributed by atoms with Crippen LogP contribution in [-0.4, -0.2) is 22.9 Å². The summed E-state index contributed by atoms with van der Waals surface area (Å²) in [7, 11) is 0. The summed E-state index contributed by atoms with van der Waals surface area (Å²) < 4.78 is 0. The molecule has 0 aromatic heterocycles. The maximum Gasteiger partial charge on any atom is 0.0408 e. The first-order valence-corrected chi connectivity index (χ1v) is 19.5. The smallest absolute Gasteiger partial charge is 0.0408 e. The fraction of sp³-hybridized carbons (Fsp3) is 0.208. The van der Waals surface area contributed by atoms with Crippen molar-refractivity contribution in [3.8, 4) is 0 Å². The molecule has 2 heteroatoms. The lowest BCUT2D eigenvalue weighted by Crippen LogP contribution is -2.14. The Balaban J connectivity index is 2.21. The molecule has 55 heavy (non-hydrogen) atoms. The Kier molecular flexibility index (Phi) is 23.6. The van der Waals surface area contributed by atoms with E-state index in [-0.39, 0.29) is 0 Å². The lowest BCUT2D eigenvalue weighted by atomic mass is 10.00. The van der Waals surface area contributed by atoms with Crippen molar-refractivity contribution >= 4 is 0 Å². The highest BCUT2D eigenvalue weighted by Crippen LogP contribution is 2.20. The molecule has 0 radical (unpaired) electrons. The van der Waals surface area contributed by atoms with Crippen molar-refractivity contribution in [2.24, 2.45) is 0 Å². The van der Waals surface area contributed by atoms with Crippen LogP contribution in [0.15, 0.2) is 253 Å². The summed E-state index contributed by atoms with van der Waals surface area (Å²) >= 11 is 0. The minimum absolute atomic E-state index is 0.697. The molecule has 2 aliphatic carbocycles. The van der Waals surface area contributed by atoms with E-state index in [9.17, 15) is 0 Å². The first-order valence-electron chi connectivity index (χ1n) is 19.5. The molecule has 0 aliphatic heterocycles. The SMILES string of the molecule is C=C/C=C\C=C\N(C/C=C\C=C1\C=CC=CC1)C(=C)/C=C\C(=C)/C(=C/C=C(C)/C(=C/C=C(\C)N(/C=C/C=C\C1=CC=CCC=C1)C/C=C\C=C/C)CC)CC. The number of allylic oxidation sites excluding steroid dienone is 34. The lowest BCUT2D eigenvalue weighted by Gasteiger charge is -2.19. The Morgan fingerprint density at radius 1 is 0.709 bits per heavy atom. The van der Waals surface area contributed by atoms with Crippen molar-refractivity contribution in [2.75, 3.05) is 13.1 Å². The summed E-state index contributed by atoms with van der Waals surface area (Å²) in [5, 5.41) is 0. The highest BCUT2D eigenvalue weighted by molar-refractivity contribution is 5.44. The molecule has 0 spiro atoms. The minimum Gasteiger partial charge on any atom is -0.348 e. The Morgan fingerprint density at radius 2 is 1.45 bits per heavy atom. The van der Waals surface area contributed by atoms with Gasteiger partial charge in [0.05, 0.1) is 0 Å². The number of nitrogens with zero attached hydrogens (tertiary/aromatic N) is 2. The van der Waals surface area contributed by atoms with E-state index < -0.39 is 0 Å². The standard InChI is InChI=1S/C53H64N2/c1-9-13-15-26-42-54(44-28-24-35-51-32-22-19-23-33-51)48(7)38-36-46(5)52(11-3)40-37-47(6)53(12-4)41-39-49(8)55(43-27-16-14-10-2)45-29-25-34-50-30-20-17-18-21-31-50/h9-10,13-17,19-32,34-42,45H,1,5,7,11-12,18,33,43-44H2,2-4,6,8H3/b14-10-,15-13-,27-16-,28-24-,34-25-,38-36-,42-26+,45-29+,47-37+,49-39+,51-35-,52-40+,53-41+. The summed E-state index contributed by atoms with van der Waals surface area (Å²) in [4.78, 5) is 4.38. The zero-order valence-corrected chi connectivity index (χ0v) is 34.2. The van der Waals surface area contributed by atoms with Gasteiger partial charge in [-0.2, -0.15) is 0 Å². The molecular formula is C53H64N2. The molecule has 0 aromatic carbocycles. The van der Waals surface area contributed by atoms with Crippen molar-refractivity contribution in [3.63, 3.8) is 0 Å². The summed E-state index contributed by atoms with van der Waals surface area (Å²) in [6.45, 7) is 24.8. The van der Waals surface area contributed by atoms with E-state index >= 15 is 0 Å². The third kappa shape index (κ3) is 19.7. The Bertz CT molecular complexity index is 1830. The van der Waals surface area contributed by atoms with Gasteiger partial charge in [0.1, 0.15) is 0 Å². The summed E-state index contributed by atoms with van der Waals surface area (Å²) in [6.07, 6.45) is 68.9. The van der Waals surface area contributed by atoms with Gasteiger partial charge in [0.15, 0.2) is 0 Å². The molecule has 0 unspecified atom stereocenters. The molecule has 0 amide bonds. The molecule has 2 aliphatic rings. The lowest BCUT2D eigenvalue weighted by molar-refractivity contribution is 0.518. The van der Waals surface area contributed by atoms with Crippen LogP contribution in [0.4, 0.5) is 0 Å². The monoisotopic (exact) mass is 729 g/mol. The Labute approximate surface area is 335 Å². The first kappa shape index (κ1) is 45.3. The van der Waals surface area contributed by atoms with Gasteiger partial charge in [-0.3, -0.25) is 0 Å². The van der Waals surface area contributed by atoms with Crippen LogP contribution in [-0.2, 0) is 0 Å². The Hall–Kier alpha value is -5.86. The van der Waals surface area contributed by atoms with Crippen molar-refractivity contribution in [3.05, 3.63) is 253 Å². The van der Waals surface area contributed by atoms with Crippen LogP contribution in [0, 0.1) is 0 Å². The van der Waals surface area contributed by atoms with E-state index in [4.69, 9.17) is 0 Å². The fourth-order valence-corrected chi connectivity index (χ4v) is 5.33. The predicted molar refractivity (Wildman–Crippen MR) is 247 cm³/mol.